The molecule has 3 atom stereocenters. The Bertz CT molecular complexity index is 257. The van der Waals surface area contributed by atoms with Crippen LogP contribution in [-0.2, 0) is 0 Å². The van der Waals surface area contributed by atoms with Crippen LogP contribution >= 0.6 is 0 Å². The Morgan fingerprint density at radius 1 is 0.889 bits per heavy atom. The fourth-order valence-electron chi connectivity index (χ4n) is 4.96. The van der Waals surface area contributed by atoms with E-state index in [9.17, 15) is 0 Å². The first kappa shape index (κ1) is 13.0. The Morgan fingerprint density at radius 3 is 2.11 bits per heavy atom. The Morgan fingerprint density at radius 2 is 1.56 bits per heavy atom. The molecule has 0 heterocycles. The molecule has 3 aliphatic carbocycles. The van der Waals surface area contributed by atoms with Gasteiger partial charge in [0.25, 0.3) is 0 Å². The van der Waals surface area contributed by atoms with Gasteiger partial charge in [0.1, 0.15) is 0 Å². The molecular formula is C17H31N. The maximum atomic E-state index is 3.87. The monoisotopic (exact) mass is 249 g/mol. The van der Waals surface area contributed by atoms with Crippen LogP contribution in [0.15, 0.2) is 0 Å². The second-order valence-electron chi connectivity index (χ2n) is 7.26. The quantitative estimate of drug-likeness (QED) is 0.769. The molecule has 0 aromatic heterocycles. The first-order valence-corrected chi connectivity index (χ1v) is 8.55. The predicted molar refractivity (Wildman–Crippen MR) is 77.5 cm³/mol. The van der Waals surface area contributed by atoms with Crippen LogP contribution in [0.5, 0.6) is 0 Å². The predicted octanol–water partition coefficient (Wildman–Crippen LogP) is 4.23. The maximum Gasteiger partial charge on any atom is 0.0124 e. The molecule has 1 N–H and O–H groups in total. The van der Waals surface area contributed by atoms with E-state index in [-0.39, 0.29) is 0 Å². The second kappa shape index (κ2) is 5.53. The first-order chi connectivity index (χ1) is 8.81. The van der Waals surface area contributed by atoms with Gasteiger partial charge in [-0.3, -0.25) is 0 Å². The molecular weight excluding hydrogens is 218 g/mol. The van der Waals surface area contributed by atoms with Crippen molar-refractivity contribution in [2.75, 3.05) is 6.54 Å². The molecule has 0 bridgehead atoms. The molecule has 0 radical (unpaired) electrons. The molecule has 3 rings (SSSR count). The molecule has 0 amide bonds. The molecule has 0 aliphatic heterocycles. The normalized spacial score (nSPS) is 44.7. The van der Waals surface area contributed by atoms with Gasteiger partial charge in [-0.1, -0.05) is 33.1 Å². The average molecular weight is 249 g/mol. The van der Waals surface area contributed by atoms with Gasteiger partial charge in [-0.2, -0.15) is 0 Å². The van der Waals surface area contributed by atoms with E-state index in [1.54, 1.807) is 19.3 Å². The van der Waals surface area contributed by atoms with Crippen molar-refractivity contribution in [1.29, 1.82) is 0 Å². The van der Waals surface area contributed by atoms with Crippen LogP contribution in [-0.4, -0.2) is 12.6 Å². The van der Waals surface area contributed by atoms with Gasteiger partial charge in [-0.15, -0.1) is 0 Å². The minimum Gasteiger partial charge on any atom is -0.314 e. The largest absolute Gasteiger partial charge is 0.314 e. The van der Waals surface area contributed by atoms with Crippen molar-refractivity contribution in [2.45, 2.75) is 71.3 Å². The van der Waals surface area contributed by atoms with Gasteiger partial charge in [-0.05, 0) is 68.2 Å². The molecule has 3 aliphatic rings. The lowest BCUT2D eigenvalue weighted by Crippen LogP contribution is -2.43. The zero-order chi connectivity index (χ0) is 12.5. The standard InChI is InChI=1S/C17H31N/c1-3-12-5-7-13(8-6-12)17(18-4-2)16-10-14-9-15(14)11-16/h12-18H,3-11H2,1-2H3. The maximum absolute atomic E-state index is 3.87. The van der Waals surface area contributed by atoms with Crippen LogP contribution in [0.4, 0.5) is 0 Å². The zero-order valence-electron chi connectivity index (χ0n) is 12.3. The lowest BCUT2D eigenvalue weighted by atomic mass is 9.73. The molecule has 1 heteroatoms. The van der Waals surface area contributed by atoms with Gasteiger partial charge < -0.3 is 5.32 Å². The van der Waals surface area contributed by atoms with E-state index in [1.807, 2.05) is 0 Å². The molecule has 3 unspecified atom stereocenters. The highest BCUT2D eigenvalue weighted by molar-refractivity contribution is 5.01. The SMILES string of the molecule is CCNC(C1CCC(CC)CC1)C1CC2CC2C1. The topological polar surface area (TPSA) is 12.0 Å². The van der Waals surface area contributed by atoms with Crippen molar-refractivity contribution in [3.63, 3.8) is 0 Å². The third kappa shape index (κ3) is 2.61. The highest BCUT2D eigenvalue weighted by Crippen LogP contribution is 2.56. The van der Waals surface area contributed by atoms with Crippen molar-refractivity contribution in [3.8, 4) is 0 Å². The molecule has 1 nitrogen and oxygen atoms in total. The Kier molecular flexibility index (Phi) is 3.98. The van der Waals surface area contributed by atoms with Crippen molar-refractivity contribution in [1.82, 2.24) is 5.32 Å². The molecule has 0 aromatic carbocycles. The van der Waals surface area contributed by atoms with Gasteiger partial charge in [-0.25, -0.2) is 0 Å². The summed E-state index contributed by atoms with van der Waals surface area (Å²) in [6.07, 6.45) is 12.1. The fraction of sp³-hybridized carbons (Fsp3) is 1.00. The average Bonchev–Trinajstić information content (AvgIpc) is 3.03. The van der Waals surface area contributed by atoms with Gasteiger partial charge in [0.05, 0.1) is 0 Å². The number of hydrogen-bond acceptors (Lipinski definition) is 1. The molecule has 3 saturated carbocycles. The molecule has 18 heavy (non-hydrogen) atoms. The van der Waals surface area contributed by atoms with Crippen LogP contribution < -0.4 is 5.32 Å². The molecule has 0 spiro atoms. The third-order valence-electron chi connectivity index (χ3n) is 6.20. The first-order valence-electron chi connectivity index (χ1n) is 8.55. The van der Waals surface area contributed by atoms with Gasteiger partial charge in [0, 0.05) is 6.04 Å². The Balaban J connectivity index is 1.56. The van der Waals surface area contributed by atoms with E-state index in [0.717, 1.165) is 35.6 Å². The van der Waals surface area contributed by atoms with E-state index >= 15 is 0 Å². The van der Waals surface area contributed by atoms with Crippen LogP contribution in [0.25, 0.3) is 0 Å². The summed E-state index contributed by atoms with van der Waals surface area (Å²) in [5.74, 6) is 5.35. The summed E-state index contributed by atoms with van der Waals surface area (Å²) < 4.78 is 0. The van der Waals surface area contributed by atoms with Crippen molar-refractivity contribution in [3.05, 3.63) is 0 Å². The molecule has 3 fully saturated rings. The number of rotatable bonds is 5. The van der Waals surface area contributed by atoms with Gasteiger partial charge >= 0.3 is 0 Å². The van der Waals surface area contributed by atoms with E-state index < -0.39 is 0 Å². The highest BCUT2D eigenvalue weighted by Gasteiger charge is 2.48. The third-order valence-corrected chi connectivity index (χ3v) is 6.20. The van der Waals surface area contributed by atoms with Crippen LogP contribution in [0.1, 0.15) is 65.2 Å². The van der Waals surface area contributed by atoms with Crippen molar-refractivity contribution < 1.29 is 0 Å². The van der Waals surface area contributed by atoms with Crippen LogP contribution in [0, 0.1) is 29.6 Å². The van der Waals surface area contributed by atoms with E-state index in [4.69, 9.17) is 0 Å². The summed E-state index contributed by atoms with van der Waals surface area (Å²) >= 11 is 0. The fourth-order valence-corrected chi connectivity index (χ4v) is 4.96. The van der Waals surface area contributed by atoms with Crippen molar-refractivity contribution in [2.24, 2.45) is 29.6 Å². The highest BCUT2D eigenvalue weighted by atomic mass is 14.9. The van der Waals surface area contributed by atoms with Crippen molar-refractivity contribution >= 4 is 0 Å². The van der Waals surface area contributed by atoms with E-state index in [1.165, 1.54) is 38.6 Å². The van der Waals surface area contributed by atoms with Crippen LogP contribution in [0.2, 0.25) is 0 Å². The molecule has 0 saturated heterocycles. The van der Waals surface area contributed by atoms with E-state index in [0.29, 0.717) is 0 Å². The summed E-state index contributed by atoms with van der Waals surface area (Å²) in [5.41, 5.74) is 0. The Hall–Kier alpha value is -0.0400. The van der Waals surface area contributed by atoms with Gasteiger partial charge in [0.15, 0.2) is 0 Å². The minimum absolute atomic E-state index is 0.862. The molecule has 0 aromatic rings. The summed E-state index contributed by atoms with van der Waals surface area (Å²) in [4.78, 5) is 0. The number of hydrogen-bond donors (Lipinski definition) is 1. The molecule has 104 valence electrons. The summed E-state index contributed by atoms with van der Waals surface area (Å²) in [5, 5.41) is 3.87. The second-order valence-corrected chi connectivity index (χ2v) is 7.26. The summed E-state index contributed by atoms with van der Waals surface area (Å²) in [6.45, 7) is 5.84. The Labute approximate surface area is 113 Å². The number of fused-ring (bicyclic) bond motifs is 1. The lowest BCUT2D eigenvalue weighted by Gasteiger charge is -2.37. The van der Waals surface area contributed by atoms with Crippen LogP contribution in [0.3, 0.4) is 0 Å². The summed E-state index contributed by atoms with van der Waals surface area (Å²) in [7, 11) is 0. The lowest BCUT2D eigenvalue weighted by molar-refractivity contribution is 0.172. The number of nitrogens with one attached hydrogen (secondary N) is 1. The summed E-state index contributed by atoms with van der Waals surface area (Å²) in [6, 6.07) is 0.862. The minimum atomic E-state index is 0.862. The van der Waals surface area contributed by atoms with E-state index in [2.05, 4.69) is 19.2 Å². The smallest absolute Gasteiger partial charge is 0.0124 e. The zero-order valence-corrected chi connectivity index (χ0v) is 12.3. The van der Waals surface area contributed by atoms with Gasteiger partial charge in [0.2, 0.25) is 0 Å².